The van der Waals surface area contributed by atoms with Crippen LogP contribution in [0.15, 0.2) is 42.6 Å². The number of aryl methyl sites for hydroxylation is 1. The molecule has 2 aromatic carbocycles. The Morgan fingerprint density at radius 1 is 1.07 bits per heavy atom. The molecule has 0 spiro atoms. The van der Waals surface area contributed by atoms with E-state index in [1.807, 2.05) is 31.4 Å². The number of benzene rings is 2. The first kappa shape index (κ1) is 16.0. The molecular formula is C20H21N7. The van der Waals surface area contributed by atoms with Crippen LogP contribution >= 0.6 is 0 Å². The minimum atomic E-state index is 0.713. The minimum absolute atomic E-state index is 0.713. The van der Waals surface area contributed by atoms with Crippen LogP contribution in [0.5, 0.6) is 0 Å². The van der Waals surface area contributed by atoms with Crippen molar-refractivity contribution < 1.29 is 0 Å². The number of nitrogens with zero attached hydrogens (tertiary/aromatic N) is 5. The molecule has 0 unspecified atom stereocenters. The van der Waals surface area contributed by atoms with Crippen LogP contribution in [-0.2, 0) is 20.0 Å². The molecule has 0 saturated heterocycles. The summed E-state index contributed by atoms with van der Waals surface area (Å²) in [5.41, 5.74) is 5.83. The SMILES string of the molecule is CN1CCc2cc(-c3nc(Nc4ccc5[nH]ncc5c4)n(C)n3)ccc2C1. The molecular weight excluding hydrogens is 338 g/mol. The summed E-state index contributed by atoms with van der Waals surface area (Å²) in [6, 6.07) is 12.6. The van der Waals surface area contributed by atoms with E-state index in [4.69, 9.17) is 4.98 Å². The van der Waals surface area contributed by atoms with Gasteiger partial charge in [0.15, 0.2) is 5.82 Å². The molecule has 0 saturated carbocycles. The number of hydrogen-bond acceptors (Lipinski definition) is 5. The Hall–Kier alpha value is -3.19. The summed E-state index contributed by atoms with van der Waals surface area (Å²) in [6.07, 6.45) is 2.88. The Balaban J connectivity index is 1.44. The Kier molecular flexibility index (Phi) is 3.68. The van der Waals surface area contributed by atoms with E-state index in [2.05, 4.69) is 50.8 Å². The summed E-state index contributed by atoms with van der Waals surface area (Å²) in [5.74, 6) is 1.46. The molecule has 2 aromatic heterocycles. The van der Waals surface area contributed by atoms with E-state index in [1.165, 1.54) is 11.1 Å². The lowest BCUT2D eigenvalue weighted by atomic mass is 9.97. The fourth-order valence-corrected chi connectivity index (χ4v) is 3.60. The third-order valence-electron chi connectivity index (χ3n) is 5.13. The van der Waals surface area contributed by atoms with Crippen LogP contribution in [0.4, 0.5) is 11.6 Å². The van der Waals surface area contributed by atoms with E-state index < -0.39 is 0 Å². The number of rotatable bonds is 3. The molecule has 0 radical (unpaired) electrons. The van der Waals surface area contributed by atoms with Gasteiger partial charge in [-0.3, -0.25) is 5.10 Å². The van der Waals surface area contributed by atoms with E-state index >= 15 is 0 Å². The second kappa shape index (κ2) is 6.21. The van der Waals surface area contributed by atoms with Crippen molar-refractivity contribution >= 4 is 22.5 Å². The second-order valence-electron chi connectivity index (χ2n) is 7.15. The highest BCUT2D eigenvalue weighted by Gasteiger charge is 2.16. The van der Waals surface area contributed by atoms with Gasteiger partial charge in [-0.2, -0.15) is 10.1 Å². The van der Waals surface area contributed by atoms with Crippen LogP contribution in [0.25, 0.3) is 22.3 Å². The first-order valence-electron chi connectivity index (χ1n) is 9.07. The highest BCUT2D eigenvalue weighted by atomic mass is 15.4. The van der Waals surface area contributed by atoms with E-state index in [9.17, 15) is 0 Å². The first-order valence-corrected chi connectivity index (χ1v) is 9.07. The number of hydrogen-bond donors (Lipinski definition) is 2. The fourth-order valence-electron chi connectivity index (χ4n) is 3.60. The smallest absolute Gasteiger partial charge is 0.225 e. The Bertz CT molecular complexity index is 1120. The van der Waals surface area contributed by atoms with Crippen molar-refractivity contribution in [1.82, 2.24) is 29.9 Å². The molecule has 4 aromatic rings. The number of H-pyrrole nitrogens is 1. The van der Waals surface area contributed by atoms with Crippen molar-refractivity contribution in [2.75, 3.05) is 18.9 Å². The van der Waals surface area contributed by atoms with Crippen LogP contribution in [0, 0.1) is 0 Å². The van der Waals surface area contributed by atoms with Gasteiger partial charge in [0.2, 0.25) is 5.95 Å². The highest BCUT2D eigenvalue weighted by Crippen LogP contribution is 2.26. The number of likely N-dealkylation sites (N-methyl/N-ethyl adjacent to an activating group) is 1. The predicted molar refractivity (Wildman–Crippen MR) is 106 cm³/mol. The molecule has 0 aliphatic carbocycles. The fraction of sp³-hybridized carbons (Fsp3) is 0.250. The van der Waals surface area contributed by atoms with Gasteiger partial charge >= 0.3 is 0 Å². The van der Waals surface area contributed by atoms with Crippen molar-refractivity contribution in [3.8, 4) is 11.4 Å². The quantitative estimate of drug-likeness (QED) is 0.588. The first-order chi connectivity index (χ1) is 13.2. The van der Waals surface area contributed by atoms with Gasteiger partial charge < -0.3 is 10.2 Å². The zero-order valence-electron chi connectivity index (χ0n) is 15.4. The molecule has 7 heteroatoms. The standard InChI is InChI=1S/C20H21N7/c1-26-8-7-13-9-14(3-4-15(13)12-26)19-23-20(27(2)25-19)22-17-5-6-18-16(10-17)11-21-24-18/h3-6,9-11H,7-8,12H2,1-2H3,(H,21,24)(H,22,23,25). The van der Waals surface area contributed by atoms with Gasteiger partial charge in [0.1, 0.15) is 0 Å². The molecule has 5 rings (SSSR count). The number of aromatic nitrogens is 5. The van der Waals surface area contributed by atoms with Crippen molar-refractivity contribution in [1.29, 1.82) is 0 Å². The number of fused-ring (bicyclic) bond motifs is 2. The Morgan fingerprint density at radius 2 is 2.00 bits per heavy atom. The summed E-state index contributed by atoms with van der Waals surface area (Å²) in [5, 5.41) is 16.0. The lowest BCUT2D eigenvalue weighted by Crippen LogP contribution is -2.26. The number of aromatic amines is 1. The largest absolute Gasteiger partial charge is 0.324 e. The minimum Gasteiger partial charge on any atom is -0.324 e. The molecule has 7 nitrogen and oxygen atoms in total. The molecule has 0 atom stereocenters. The molecule has 136 valence electrons. The van der Waals surface area contributed by atoms with Crippen molar-refractivity contribution in [2.45, 2.75) is 13.0 Å². The summed E-state index contributed by atoms with van der Waals surface area (Å²) in [4.78, 5) is 7.06. The van der Waals surface area contributed by atoms with Gasteiger partial charge in [0.05, 0.1) is 11.7 Å². The average Bonchev–Trinajstić information content (AvgIpc) is 3.28. The third kappa shape index (κ3) is 2.96. The zero-order valence-corrected chi connectivity index (χ0v) is 15.4. The highest BCUT2D eigenvalue weighted by molar-refractivity contribution is 5.82. The van der Waals surface area contributed by atoms with Gasteiger partial charge in [-0.1, -0.05) is 12.1 Å². The summed E-state index contributed by atoms with van der Waals surface area (Å²) in [6.45, 7) is 2.10. The van der Waals surface area contributed by atoms with Crippen molar-refractivity contribution in [3.63, 3.8) is 0 Å². The maximum Gasteiger partial charge on any atom is 0.225 e. The van der Waals surface area contributed by atoms with Gasteiger partial charge in [0, 0.05) is 36.8 Å². The van der Waals surface area contributed by atoms with E-state index in [0.29, 0.717) is 5.95 Å². The zero-order chi connectivity index (χ0) is 18.4. The van der Waals surface area contributed by atoms with E-state index in [1.54, 1.807) is 4.68 Å². The number of anilines is 2. The summed E-state index contributed by atoms with van der Waals surface area (Å²) in [7, 11) is 4.07. The Labute approximate surface area is 157 Å². The molecule has 1 aliphatic rings. The Morgan fingerprint density at radius 3 is 2.93 bits per heavy atom. The molecule has 0 fully saturated rings. The van der Waals surface area contributed by atoms with Gasteiger partial charge in [0.25, 0.3) is 0 Å². The molecule has 1 aliphatic heterocycles. The summed E-state index contributed by atoms with van der Waals surface area (Å²) < 4.78 is 1.78. The second-order valence-corrected chi connectivity index (χ2v) is 7.15. The predicted octanol–water partition coefficient (Wildman–Crippen LogP) is 3.09. The van der Waals surface area contributed by atoms with Crippen LogP contribution in [0.1, 0.15) is 11.1 Å². The van der Waals surface area contributed by atoms with Crippen molar-refractivity contribution in [3.05, 3.63) is 53.7 Å². The molecule has 27 heavy (non-hydrogen) atoms. The molecule has 0 amide bonds. The number of nitrogens with one attached hydrogen (secondary N) is 2. The topological polar surface area (TPSA) is 74.7 Å². The van der Waals surface area contributed by atoms with E-state index in [0.717, 1.165) is 47.5 Å². The third-order valence-corrected chi connectivity index (χ3v) is 5.13. The molecule has 0 bridgehead atoms. The van der Waals surface area contributed by atoms with Crippen molar-refractivity contribution in [2.24, 2.45) is 7.05 Å². The normalized spacial score (nSPS) is 14.4. The maximum atomic E-state index is 4.71. The van der Waals surface area contributed by atoms with E-state index in [-0.39, 0.29) is 0 Å². The summed E-state index contributed by atoms with van der Waals surface area (Å²) >= 11 is 0. The van der Waals surface area contributed by atoms with Crippen LogP contribution in [0.2, 0.25) is 0 Å². The maximum absolute atomic E-state index is 4.71. The van der Waals surface area contributed by atoms with Crippen LogP contribution < -0.4 is 5.32 Å². The lowest BCUT2D eigenvalue weighted by Gasteiger charge is -2.25. The van der Waals surface area contributed by atoms with Gasteiger partial charge in [-0.05, 0) is 48.9 Å². The van der Waals surface area contributed by atoms with Crippen LogP contribution in [-0.4, -0.2) is 43.5 Å². The average molecular weight is 359 g/mol. The van der Waals surface area contributed by atoms with Gasteiger partial charge in [-0.25, -0.2) is 4.68 Å². The lowest BCUT2D eigenvalue weighted by molar-refractivity contribution is 0.313. The van der Waals surface area contributed by atoms with Gasteiger partial charge in [-0.15, -0.1) is 5.10 Å². The van der Waals surface area contributed by atoms with Crippen LogP contribution in [0.3, 0.4) is 0 Å². The molecule has 3 heterocycles. The monoisotopic (exact) mass is 359 g/mol. The molecule has 2 N–H and O–H groups in total.